The summed E-state index contributed by atoms with van der Waals surface area (Å²) in [5.74, 6) is 0.439. The van der Waals surface area contributed by atoms with Crippen molar-refractivity contribution in [1.29, 1.82) is 0 Å². The molecule has 3 rings (SSSR count). The van der Waals surface area contributed by atoms with E-state index in [1.807, 2.05) is 58.0 Å². The van der Waals surface area contributed by atoms with Gasteiger partial charge in [-0.05, 0) is 56.5 Å². The number of carbonyl (C=O) groups is 1. The molecule has 0 saturated carbocycles. The predicted octanol–water partition coefficient (Wildman–Crippen LogP) is 5.08. The summed E-state index contributed by atoms with van der Waals surface area (Å²) in [7, 11) is 0. The Kier molecular flexibility index (Phi) is 5.66. The SMILES string of the molecule is Cc1cc(OCC(=O)n2nc(C)c(Cc3ccccc3)c2C)cc(C)c1Cl. The Morgan fingerprint density at radius 3 is 2.33 bits per heavy atom. The van der Waals surface area contributed by atoms with Gasteiger partial charge in [-0.1, -0.05) is 41.9 Å². The van der Waals surface area contributed by atoms with E-state index < -0.39 is 0 Å². The van der Waals surface area contributed by atoms with Crippen molar-refractivity contribution in [2.45, 2.75) is 34.1 Å². The molecule has 0 aliphatic carbocycles. The Morgan fingerprint density at radius 1 is 1.07 bits per heavy atom. The average molecular weight is 383 g/mol. The highest BCUT2D eigenvalue weighted by atomic mass is 35.5. The van der Waals surface area contributed by atoms with Crippen LogP contribution in [0.1, 0.15) is 38.4 Å². The molecule has 0 saturated heterocycles. The van der Waals surface area contributed by atoms with Crippen molar-refractivity contribution in [3.8, 4) is 5.75 Å². The van der Waals surface area contributed by atoms with E-state index in [0.717, 1.165) is 39.5 Å². The minimum absolute atomic E-state index is 0.0761. The summed E-state index contributed by atoms with van der Waals surface area (Å²) in [6.45, 7) is 7.61. The van der Waals surface area contributed by atoms with Crippen molar-refractivity contribution in [1.82, 2.24) is 9.78 Å². The van der Waals surface area contributed by atoms with Crippen LogP contribution in [0.3, 0.4) is 0 Å². The number of aromatic nitrogens is 2. The molecule has 0 aliphatic heterocycles. The molecule has 140 valence electrons. The molecular weight excluding hydrogens is 360 g/mol. The summed E-state index contributed by atoms with van der Waals surface area (Å²) < 4.78 is 7.14. The predicted molar refractivity (Wildman–Crippen MR) is 108 cm³/mol. The second-order valence-corrected chi connectivity index (χ2v) is 7.15. The van der Waals surface area contributed by atoms with Crippen molar-refractivity contribution in [2.75, 3.05) is 6.61 Å². The van der Waals surface area contributed by atoms with Gasteiger partial charge in [0.15, 0.2) is 6.61 Å². The summed E-state index contributed by atoms with van der Waals surface area (Å²) in [5, 5.41) is 5.15. The Balaban J connectivity index is 1.75. The van der Waals surface area contributed by atoms with Gasteiger partial charge in [0.1, 0.15) is 5.75 Å². The molecule has 2 aromatic carbocycles. The first-order valence-electron chi connectivity index (χ1n) is 8.88. The molecule has 0 fully saturated rings. The largest absolute Gasteiger partial charge is 0.484 e. The molecule has 4 nitrogen and oxygen atoms in total. The van der Waals surface area contributed by atoms with Gasteiger partial charge in [-0.2, -0.15) is 5.10 Å². The van der Waals surface area contributed by atoms with Crippen LogP contribution in [0.15, 0.2) is 42.5 Å². The number of rotatable bonds is 5. The van der Waals surface area contributed by atoms with Crippen LogP contribution in [0, 0.1) is 27.7 Å². The zero-order valence-electron chi connectivity index (χ0n) is 16.0. The van der Waals surface area contributed by atoms with Crippen LogP contribution in [0.25, 0.3) is 0 Å². The van der Waals surface area contributed by atoms with Gasteiger partial charge < -0.3 is 4.74 Å². The molecule has 1 heterocycles. The minimum Gasteiger partial charge on any atom is -0.484 e. The van der Waals surface area contributed by atoms with Gasteiger partial charge in [-0.25, -0.2) is 4.68 Å². The maximum Gasteiger partial charge on any atom is 0.284 e. The topological polar surface area (TPSA) is 44.1 Å². The third-order valence-corrected chi connectivity index (χ3v) is 5.27. The quantitative estimate of drug-likeness (QED) is 0.618. The van der Waals surface area contributed by atoms with Gasteiger partial charge in [-0.15, -0.1) is 0 Å². The van der Waals surface area contributed by atoms with Crippen LogP contribution >= 0.6 is 11.6 Å². The number of aryl methyl sites for hydroxylation is 3. The maximum absolute atomic E-state index is 12.6. The highest BCUT2D eigenvalue weighted by Crippen LogP contribution is 2.26. The van der Waals surface area contributed by atoms with E-state index in [0.29, 0.717) is 5.75 Å². The zero-order valence-corrected chi connectivity index (χ0v) is 16.8. The second-order valence-electron chi connectivity index (χ2n) is 6.78. The fraction of sp³-hybridized carbons (Fsp3) is 0.273. The van der Waals surface area contributed by atoms with Gasteiger partial charge in [0, 0.05) is 22.7 Å². The first kappa shape index (κ1) is 19.2. The van der Waals surface area contributed by atoms with Crippen LogP contribution in [-0.4, -0.2) is 22.3 Å². The fourth-order valence-electron chi connectivity index (χ4n) is 3.17. The molecule has 27 heavy (non-hydrogen) atoms. The Morgan fingerprint density at radius 2 is 1.70 bits per heavy atom. The number of hydrogen-bond donors (Lipinski definition) is 0. The zero-order chi connectivity index (χ0) is 19.6. The third kappa shape index (κ3) is 4.22. The van der Waals surface area contributed by atoms with Crippen LogP contribution in [-0.2, 0) is 6.42 Å². The lowest BCUT2D eigenvalue weighted by Gasteiger charge is -2.10. The average Bonchev–Trinajstić information content (AvgIpc) is 2.93. The molecule has 0 N–H and O–H groups in total. The van der Waals surface area contributed by atoms with Crippen molar-refractivity contribution in [3.63, 3.8) is 0 Å². The molecule has 0 atom stereocenters. The van der Waals surface area contributed by atoms with Crippen molar-refractivity contribution in [2.24, 2.45) is 0 Å². The normalized spacial score (nSPS) is 10.9. The van der Waals surface area contributed by atoms with Crippen molar-refractivity contribution in [3.05, 3.63) is 81.1 Å². The first-order valence-corrected chi connectivity index (χ1v) is 9.26. The summed E-state index contributed by atoms with van der Waals surface area (Å²) in [6.07, 6.45) is 0.752. The summed E-state index contributed by atoms with van der Waals surface area (Å²) >= 11 is 6.18. The minimum atomic E-state index is -0.194. The van der Waals surface area contributed by atoms with Crippen LogP contribution in [0.4, 0.5) is 0 Å². The van der Waals surface area contributed by atoms with E-state index in [1.165, 1.54) is 10.2 Å². The Bertz CT molecular complexity index is 954. The van der Waals surface area contributed by atoms with E-state index in [1.54, 1.807) is 0 Å². The van der Waals surface area contributed by atoms with E-state index in [4.69, 9.17) is 16.3 Å². The summed E-state index contributed by atoms with van der Waals surface area (Å²) in [5.41, 5.74) is 5.84. The molecule has 5 heteroatoms. The summed E-state index contributed by atoms with van der Waals surface area (Å²) in [6, 6.07) is 13.8. The van der Waals surface area contributed by atoms with Crippen LogP contribution in [0.2, 0.25) is 5.02 Å². The monoisotopic (exact) mass is 382 g/mol. The first-order chi connectivity index (χ1) is 12.9. The van der Waals surface area contributed by atoms with E-state index in [2.05, 4.69) is 17.2 Å². The lowest BCUT2D eigenvalue weighted by atomic mass is 10.0. The summed E-state index contributed by atoms with van der Waals surface area (Å²) in [4.78, 5) is 12.6. The van der Waals surface area contributed by atoms with E-state index in [-0.39, 0.29) is 12.5 Å². The molecule has 0 unspecified atom stereocenters. The number of nitrogens with zero attached hydrogens (tertiary/aromatic N) is 2. The van der Waals surface area contributed by atoms with E-state index >= 15 is 0 Å². The van der Waals surface area contributed by atoms with Crippen molar-refractivity contribution < 1.29 is 9.53 Å². The molecule has 0 bridgehead atoms. The second kappa shape index (κ2) is 7.97. The molecule has 0 spiro atoms. The molecule has 1 aromatic heterocycles. The molecule has 3 aromatic rings. The Hall–Kier alpha value is -2.59. The van der Waals surface area contributed by atoms with E-state index in [9.17, 15) is 4.79 Å². The smallest absolute Gasteiger partial charge is 0.284 e. The van der Waals surface area contributed by atoms with Gasteiger partial charge in [-0.3, -0.25) is 4.79 Å². The van der Waals surface area contributed by atoms with Crippen molar-refractivity contribution >= 4 is 17.5 Å². The highest BCUT2D eigenvalue weighted by molar-refractivity contribution is 6.32. The fourth-order valence-corrected chi connectivity index (χ4v) is 3.28. The number of halogens is 1. The standard InChI is InChI=1S/C22H23ClN2O2/c1-14-10-19(11-15(2)22(14)23)27-13-21(26)25-17(4)20(16(3)24-25)12-18-8-6-5-7-9-18/h5-11H,12-13H2,1-4H3. The Labute approximate surface area is 164 Å². The van der Waals surface area contributed by atoms with Crippen LogP contribution in [0.5, 0.6) is 5.75 Å². The molecule has 0 amide bonds. The number of ether oxygens (including phenoxy) is 1. The lowest BCUT2D eigenvalue weighted by Crippen LogP contribution is -2.22. The lowest BCUT2D eigenvalue weighted by molar-refractivity contribution is 0.0818. The highest BCUT2D eigenvalue weighted by Gasteiger charge is 2.17. The molecular formula is C22H23ClN2O2. The van der Waals surface area contributed by atoms with Gasteiger partial charge in [0.25, 0.3) is 5.91 Å². The number of benzene rings is 2. The van der Waals surface area contributed by atoms with Gasteiger partial charge in [0.2, 0.25) is 0 Å². The van der Waals surface area contributed by atoms with Crippen LogP contribution < -0.4 is 4.74 Å². The molecule has 0 aliphatic rings. The van der Waals surface area contributed by atoms with Gasteiger partial charge in [0.05, 0.1) is 5.69 Å². The molecule has 0 radical (unpaired) electrons. The van der Waals surface area contributed by atoms with Gasteiger partial charge >= 0.3 is 0 Å². The third-order valence-electron chi connectivity index (χ3n) is 4.67. The number of hydrogen-bond acceptors (Lipinski definition) is 3. The number of carbonyl (C=O) groups excluding carboxylic acids is 1. The maximum atomic E-state index is 12.6.